The van der Waals surface area contributed by atoms with Crippen LogP contribution in [0.25, 0.3) is 0 Å². The summed E-state index contributed by atoms with van der Waals surface area (Å²) in [5, 5.41) is 3.78. The molecule has 2 aromatic carbocycles. The van der Waals surface area contributed by atoms with Crippen LogP contribution in [0, 0.1) is 6.92 Å². The number of aryl methyl sites for hydroxylation is 1. The number of halogens is 2. The van der Waals surface area contributed by atoms with Gasteiger partial charge < -0.3 is 15.0 Å². The van der Waals surface area contributed by atoms with Crippen LogP contribution in [0.4, 0.5) is 0 Å². The SMILES string of the molecule is CCCCNC(=O)[C@H](CC)N(Cc1ccc(Cl)c(Cl)c1)C(=O)COc1ccc(C)cc1. The van der Waals surface area contributed by atoms with E-state index in [0.29, 0.717) is 28.8 Å². The predicted octanol–water partition coefficient (Wildman–Crippen LogP) is 5.40. The molecule has 5 nitrogen and oxygen atoms in total. The monoisotopic (exact) mass is 464 g/mol. The van der Waals surface area contributed by atoms with Gasteiger partial charge in [-0.1, -0.05) is 67.2 Å². The smallest absolute Gasteiger partial charge is 0.261 e. The zero-order valence-corrected chi connectivity index (χ0v) is 19.8. The number of nitrogens with zero attached hydrogens (tertiary/aromatic N) is 1. The van der Waals surface area contributed by atoms with E-state index in [1.54, 1.807) is 23.1 Å². The lowest BCUT2D eigenvalue weighted by atomic mass is 10.1. The van der Waals surface area contributed by atoms with Crippen LogP contribution < -0.4 is 10.1 Å². The number of nitrogens with one attached hydrogen (secondary N) is 1. The van der Waals surface area contributed by atoms with Crippen LogP contribution >= 0.6 is 23.2 Å². The van der Waals surface area contributed by atoms with Crippen molar-refractivity contribution in [3.05, 3.63) is 63.6 Å². The lowest BCUT2D eigenvalue weighted by Crippen LogP contribution is -2.50. The Labute approximate surface area is 194 Å². The summed E-state index contributed by atoms with van der Waals surface area (Å²) >= 11 is 12.2. The quantitative estimate of drug-likeness (QED) is 0.452. The summed E-state index contributed by atoms with van der Waals surface area (Å²) in [7, 11) is 0. The molecule has 1 atom stereocenters. The molecule has 0 saturated heterocycles. The highest BCUT2D eigenvalue weighted by molar-refractivity contribution is 6.42. The Kier molecular flexibility index (Phi) is 10.2. The predicted molar refractivity (Wildman–Crippen MR) is 126 cm³/mol. The van der Waals surface area contributed by atoms with Crippen molar-refractivity contribution in [3.63, 3.8) is 0 Å². The second-order valence-corrected chi connectivity index (χ2v) is 8.25. The van der Waals surface area contributed by atoms with E-state index in [-0.39, 0.29) is 25.0 Å². The number of hydrogen-bond acceptors (Lipinski definition) is 3. The van der Waals surface area contributed by atoms with E-state index in [1.807, 2.05) is 38.1 Å². The minimum Gasteiger partial charge on any atom is -0.484 e. The summed E-state index contributed by atoms with van der Waals surface area (Å²) in [4.78, 5) is 27.5. The highest BCUT2D eigenvalue weighted by Crippen LogP contribution is 2.24. The Morgan fingerprint density at radius 2 is 1.77 bits per heavy atom. The van der Waals surface area contributed by atoms with E-state index in [1.165, 1.54) is 0 Å². The molecule has 7 heteroatoms. The first kappa shape index (κ1) is 25.0. The maximum Gasteiger partial charge on any atom is 0.261 e. The molecule has 2 rings (SSSR count). The van der Waals surface area contributed by atoms with Gasteiger partial charge in [-0.05, 0) is 49.6 Å². The lowest BCUT2D eigenvalue weighted by molar-refractivity contribution is -0.143. The van der Waals surface area contributed by atoms with Gasteiger partial charge >= 0.3 is 0 Å². The zero-order valence-electron chi connectivity index (χ0n) is 18.3. The normalized spacial score (nSPS) is 11.6. The van der Waals surface area contributed by atoms with Crippen molar-refractivity contribution in [2.45, 2.75) is 52.6 Å². The summed E-state index contributed by atoms with van der Waals surface area (Å²) in [6.07, 6.45) is 2.35. The van der Waals surface area contributed by atoms with Crippen LogP contribution in [-0.4, -0.2) is 35.9 Å². The van der Waals surface area contributed by atoms with E-state index in [4.69, 9.17) is 27.9 Å². The Bertz CT molecular complexity index is 872. The number of benzene rings is 2. The third-order valence-corrected chi connectivity index (χ3v) is 5.67. The average molecular weight is 465 g/mol. The van der Waals surface area contributed by atoms with Gasteiger partial charge in [0.25, 0.3) is 5.91 Å². The van der Waals surface area contributed by atoms with Crippen LogP contribution in [0.5, 0.6) is 5.75 Å². The van der Waals surface area contributed by atoms with Gasteiger partial charge in [0.2, 0.25) is 5.91 Å². The summed E-state index contributed by atoms with van der Waals surface area (Å²) < 4.78 is 5.69. The second kappa shape index (κ2) is 12.6. The fourth-order valence-electron chi connectivity index (χ4n) is 3.12. The summed E-state index contributed by atoms with van der Waals surface area (Å²) in [5.74, 6) is 0.165. The molecule has 0 bridgehead atoms. The fraction of sp³-hybridized carbons (Fsp3) is 0.417. The molecule has 0 aromatic heterocycles. The van der Waals surface area contributed by atoms with E-state index in [0.717, 1.165) is 24.0 Å². The number of carbonyl (C=O) groups excluding carboxylic acids is 2. The maximum atomic E-state index is 13.1. The average Bonchev–Trinajstić information content (AvgIpc) is 2.75. The van der Waals surface area contributed by atoms with Crippen molar-refractivity contribution < 1.29 is 14.3 Å². The molecule has 0 aliphatic rings. The largest absolute Gasteiger partial charge is 0.484 e. The molecule has 2 aromatic rings. The first-order valence-corrected chi connectivity index (χ1v) is 11.3. The minimum absolute atomic E-state index is 0.164. The van der Waals surface area contributed by atoms with Crippen LogP contribution in [0.2, 0.25) is 10.0 Å². The highest BCUT2D eigenvalue weighted by atomic mass is 35.5. The molecule has 2 amide bonds. The molecule has 0 heterocycles. The van der Waals surface area contributed by atoms with E-state index >= 15 is 0 Å². The molecule has 0 spiro atoms. The molecular formula is C24H30Cl2N2O3. The lowest BCUT2D eigenvalue weighted by Gasteiger charge is -2.30. The molecule has 0 aliphatic heterocycles. The fourth-order valence-corrected chi connectivity index (χ4v) is 3.44. The highest BCUT2D eigenvalue weighted by Gasteiger charge is 2.29. The van der Waals surface area contributed by atoms with Crippen LogP contribution in [0.15, 0.2) is 42.5 Å². The van der Waals surface area contributed by atoms with Crippen molar-refractivity contribution in [3.8, 4) is 5.75 Å². The minimum atomic E-state index is -0.611. The third kappa shape index (κ3) is 7.75. The van der Waals surface area contributed by atoms with Crippen molar-refractivity contribution in [2.24, 2.45) is 0 Å². The Hall–Kier alpha value is -2.24. The zero-order chi connectivity index (χ0) is 22.8. The standard InChI is InChI=1S/C24H30Cl2N2O3/c1-4-6-13-27-24(30)22(5-2)28(15-18-9-12-20(25)21(26)14-18)23(29)16-31-19-10-7-17(3)8-11-19/h7-12,14,22H,4-6,13,15-16H2,1-3H3,(H,27,30)/t22-/m0/s1. The van der Waals surface area contributed by atoms with E-state index < -0.39 is 6.04 Å². The maximum absolute atomic E-state index is 13.1. The van der Waals surface area contributed by atoms with Gasteiger partial charge in [-0.2, -0.15) is 0 Å². The molecule has 1 N–H and O–H groups in total. The summed E-state index contributed by atoms with van der Waals surface area (Å²) in [6.45, 7) is 6.58. The molecule has 0 fully saturated rings. The number of unbranched alkanes of at least 4 members (excludes halogenated alkanes) is 1. The van der Waals surface area contributed by atoms with Crippen LogP contribution in [0.1, 0.15) is 44.2 Å². The Morgan fingerprint density at radius 3 is 2.39 bits per heavy atom. The second-order valence-electron chi connectivity index (χ2n) is 7.44. The van der Waals surface area contributed by atoms with Crippen LogP contribution in [0.3, 0.4) is 0 Å². The topological polar surface area (TPSA) is 58.6 Å². The number of amides is 2. The molecular weight excluding hydrogens is 435 g/mol. The van der Waals surface area contributed by atoms with Gasteiger partial charge in [0.05, 0.1) is 10.0 Å². The number of carbonyl (C=O) groups is 2. The summed E-state index contributed by atoms with van der Waals surface area (Å²) in [6, 6.07) is 12.1. The van der Waals surface area contributed by atoms with Crippen molar-refractivity contribution in [1.29, 1.82) is 0 Å². The van der Waals surface area contributed by atoms with Gasteiger partial charge in [-0.3, -0.25) is 9.59 Å². The third-order valence-electron chi connectivity index (χ3n) is 4.94. The molecule has 31 heavy (non-hydrogen) atoms. The van der Waals surface area contributed by atoms with E-state index in [2.05, 4.69) is 12.2 Å². The molecule has 0 radical (unpaired) electrons. The number of hydrogen-bond donors (Lipinski definition) is 1. The molecule has 0 unspecified atom stereocenters. The Balaban J connectivity index is 2.19. The first-order valence-electron chi connectivity index (χ1n) is 10.6. The van der Waals surface area contributed by atoms with Crippen molar-refractivity contribution >= 4 is 35.0 Å². The van der Waals surface area contributed by atoms with E-state index in [9.17, 15) is 9.59 Å². The van der Waals surface area contributed by atoms with Crippen molar-refractivity contribution in [2.75, 3.05) is 13.2 Å². The number of rotatable bonds is 11. The number of ether oxygens (including phenoxy) is 1. The van der Waals surface area contributed by atoms with Gasteiger partial charge in [0.1, 0.15) is 11.8 Å². The van der Waals surface area contributed by atoms with Gasteiger partial charge in [-0.15, -0.1) is 0 Å². The Morgan fingerprint density at radius 1 is 1.06 bits per heavy atom. The molecule has 0 saturated carbocycles. The molecule has 0 aliphatic carbocycles. The molecule has 168 valence electrons. The van der Waals surface area contributed by atoms with Crippen LogP contribution in [-0.2, 0) is 16.1 Å². The van der Waals surface area contributed by atoms with Crippen molar-refractivity contribution in [1.82, 2.24) is 10.2 Å². The van der Waals surface area contributed by atoms with Gasteiger partial charge in [-0.25, -0.2) is 0 Å². The van der Waals surface area contributed by atoms with Gasteiger partial charge in [0.15, 0.2) is 6.61 Å². The first-order chi connectivity index (χ1) is 14.8. The van der Waals surface area contributed by atoms with Gasteiger partial charge in [0, 0.05) is 13.1 Å². The summed E-state index contributed by atoms with van der Waals surface area (Å²) in [5.41, 5.74) is 1.90.